The zero-order valence-electron chi connectivity index (χ0n) is 15.6. The molecule has 0 radical (unpaired) electrons. The van der Waals surface area contributed by atoms with Crippen molar-refractivity contribution in [2.75, 3.05) is 19.0 Å². The smallest absolute Gasteiger partial charge is 0.223 e. The number of nitrogens with zero attached hydrogens (tertiary/aromatic N) is 2. The molecule has 0 spiro atoms. The predicted molar refractivity (Wildman–Crippen MR) is 102 cm³/mol. The fourth-order valence-electron chi connectivity index (χ4n) is 3.42. The molecule has 1 aliphatic rings. The van der Waals surface area contributed by atoms with Gasteiger partial charge in [-0.2, -0.15) is 5.10 Å². The molecule has 1 saturated carbocycles. The first-order valence-corrected chi connectivity index (χ1v) is 9.38. The van der Waals surface area contributed by atoms with Gasteiger partial charge in [-0.05, 0) is 50.1 Å². The summed E-state index contributed by atoms with van der Waals surface area (Å²) in [6.45, 7) is 3.19. The van der Waals surface area contributed by atoms with Gasteiger partial charge in [-0.15, -0.1) is 0 Å². The van der Waals surface area contributed by atoms with Crippen LogP contribution in [0.4, 0.5) is 5.69 Å². The highest BCUT2D eigenvalue weighted by Gasteiger charge is 2.20. The zero-order valence-corrected chi connectivity index (χ0v) is 15.6. The Balaban J connectivity index is 1.53. The summed E-state index contributed by atoms with van der Waals surface area (Å²) >= 11 is 0. The van der Waals surface area contributed by atoms with Crippen LogP contribution < -0.4 is 15.4 Å². The molecule has 1 aliphatic carbocycles. The van der Waals surface area contributed by atoms with E-state index in [1.807, 2.05) is 24.3 Å². The average Bonchev–Trinajstić information content (AvgIpc) is 3.30. The largest absolute Gasteiger partial charge is 0.493 e. The lowest BCUT2D eigenvalue weighted by Gasteiger charge is -2.15. The van der Waals surface area contributed by atoms with Crippen LogP contribution in [0.3, 0.4) is 0 Å². The third kappa shape index (κ3) is 4.77. The number of aryl methyl sites for hydroxylation is 1. The summed E-state index contributed by atoms with van der Waals surface area (Å²) < 4.78 is 7.80. The molecule has 1 fully saturated rings. The summed E-state index contributed by atoms with van der Waals surface area (Å²) in [5.74, 6) is 0.753. The summed E-state index contributed by atoms with van der Waals surface area (Å²) in [6, 6.07) is 10.6. The van der Waals surface area contributed by atoms with Gasteiger partial charge in [-0.25, -0.2) is 0 Å². The molecule has 2 aromatic rings. The number of ether oxygens (including phenoxy) is 1. The summed E-state index contributed by atoms with van der Waals surface area (Å²) in [5, 5.41) is 10.7. The molecule has 1 aromatic carbocycles. The third-order valence-corrected chi connectivity index (χ3v) is 4.81. The Hall–Kier alpha value is -2.50. The van der Waals surface area contributed by atoms with E-state index in [9.17, 15) is 4.79 Å². The average molecular weight is 356 g/mol. The standard InChI is InChI=1S/C20H28N4O2/c1-15-13-18(24(23-15)17-5-3-4-6-17)14-22-16-7-9-19(10-8-16)26-12-11-20(25)21-2/h7-10,13,17,22H,3-6,11-12,14H2,1-2H3,(H,21,25). The molecule has 2 N–H and O–H groups in total. The van der Waals surface area contributed by atoms with E-state index in [0.29, 0.717) is 19.1 Å². The van der Waals surface area contributed by atoms with Crippen molar-refractivity contribution in [2.24, 2.45) is 0 Å². The zero-order chi connectivity index (χ0) is 18.4. The van der Waals surface area contributed by atoms with Crippen LogP contribution in [0.2, 0.25) is 0 Å². The fraction of sp³-hybridized carbons (Fsp3) is 0.500. The van der Waals surface area contributed by atoms with Gasteiger partial charge >= 0.3 is 0 Å². The Labute approximate surface area is 154 Å². The Bertz CT molecular complexity index is 718. The second-order valence-corrected chi connectivity index (χ2v) is 6.81. The minimum atomic E-state index is -0.0162. The number of hydrogen-bond acceptors (Lipinski definition) is 4. The molecule has 0 saturated heterocycles. The number of anilines is 1. The number of carbonyl (C=O) groups excluding carboxylic acids is 1. The van der Waals surface area contributed by atoms with E-state index in [2.05, 4.69) is 28.3 Å². The SMILES string of the molecule is CNC(=O)CCOc1ccc(NCc2cc(C)nn2C2CCCC2)cc1. The lowest BCUT2D eigenvalue weighted by Crippen LogP contribution is -2.20. The Morgan fingerprint density at radius 3 is 2.69 bits per heavy atom. The van der Waals surface area contributed by atoms with E-state index in [4.69, 9.17) is 9.84 Å². The Kier molecular flexibility index (Phi) is 6.15. The van der Waals surface area contributed by atoms with Crippen molar-refractivity contribution in [1.29, 1.82) is 0 Å². The van der Waals surface area contributed by atoms with Crippen molar-refractivity contribution < 1.29 is 9.53 Å². The van der Waals surface area contributed by atoms with Gasteiger partial charge in [0.1, 0.15) is 5.75 Å². The molecular formula is C20H28N4O2. The topological polar surface area (TPSA) is 68.2 Å². The van der Waals surface area contributed by atoms with Gasteiger partial charge in [0.25, 0.3) is 0 Å². The summed E-state index contributed by atoms with van der Waals surface area (Å²) in [7, 11) is 1.63. The highest BCUT2D eigenvalue weighted by Crippen LogP contribution is 2.30. The monoisotopic (exact) mass is 356 g/mol. The van der Waals surface area contributed by atoms with Gasteiger partial charge in [0.05, 0.1) is 37.0 Å². The number of benzene rings is 1. The van der Waals surface area contributed by atoms with Gasteiger partial charge in [-0.1, -0.05) is 12.8 Å². The fourth-order valence-corrected chi connectivity index (χ4v) is 3.42. The van der Waals surface area contributed by atoms with E-state index >= 15 is 0 Å². The van der Waals surface area contributed by atoms with Crippen LogP contribution in [0, 0.1) is 6.92 Å². The molecule has 6 nitrogen and oxygen atoms in total. The van der Waals surface area contributed by atoms with E-state index < -0.39 is 0 Å². The van der Waals surface area contributed by atoms with Gasteiger partial charge in [0.15, 0.2) is 0 Å². The van der Waals surface area contributed by atoms with E-state index in [-0.39, 0.29) is 5.91 Å². The first-order valence-electron chi connectivity index (χ1n) is 9.38. The van der Waals surface area contributed by atoms with Crippen molar-refractivity contribution in [2.45, 2.75) is 51.6 Å². The highest BCUT2D eigenvalue weighted by molar-refractivity contribution is 5.75. The van der Waals surface area contributed by atoms with Crippen molar-refractivity contribution in [3.8, 4) is 5.75 Å². The first-order chi connectivity index (χ1) is 12.7. The van der Waals surface area contributed by atoms with Gasteiger partial charge in [0, 0.05) is 12.7 Å². The molecular weight excluding hydrogens is 328 g/mol. The van der Waals surface area contributed by atoms with Crippen molar-refractivity contribution in [3.63, 3.8) is 0 Å². The second-order valence-electron chi connectivity index (χ2n) is 6.81. The molecule has 6 heteroatoms. The lowest BCUT2D eigenvalue weighted by molar-refractivity contribution is -0.121. The minimum Gasteiger partial charge on any atom is -0.493 e. The second kappa shape index (κ2) is 8.74. The quantitative estimate of drug-likeness (QED) is 0.760. The van der Waals surface area contributed by atoms with Gasteiger partial charge in [0.2, 0.25) is 5.91 Å². The summed E-state index contributed by atoms with van der Waals surface area (Å²) in [5.41, 5.74) is 3.36. The van der Waals surface area contributed by atoms with Crippen molar-refractivity contribution in [3.05, 3.63) is 41.7 Å². The molecule has 0 aliphatic heterocycles. The number of nitrogens with one attached hydrogen (secondary N) is 2. The van der Waals surface area contributed by atoms with Crippen LogP contribution in [0.15, 0.2) is 30.3 Å². The molecule has 0 atom stereocenters. The molecule has 26 heavy (non-hydrogen) atoms. The van der Waals surface area contributed by atoms with Crippen LogP contribution in [0.25, 0.3) is 0 Å². The number of rotatable bonds is 8. The molecule has 140 valence electrons. The van der Waals surface area contributed by atoms with E-state index in [0.717, 1.165) is 23.7 Å². The van der Waals surface area contributed by atoms with Gasteiger partial charge < -0.3 is 15.4 Å². The van der Waals surface area contributed by atoms with Gasteiger partial charge in [-0.3, -0.25) is 9.48 Å². The Morgan fingerprint density at radius 1 is 1.27 bits per heavy atom. The minimum absolute atomic E-state index is 0.0162. The van der Waals surface area contributed by atoms with Crippen LogP contribution in [0.1, 0.15) is 49.5 Å². The Morgan fingerprint density at radius 2 is 2.00 bits per heavy atom. The summed E-state index contributed by atoms with van der Waals surface area (Å²) in [6.07, 6.45) is 5.43. The number of carbonyl (C=O) groups is 1. The molecule has 1 heterocycles. The maximum atomic E-state index is 11.2. The number of aromatic nitrogens is 2. The molecule has 0 unspecified atom stereocenters. The van der Waals surface area contributed by atoms with Crippen molar-refractivity contribution in [1.82, 2.24) is 15.1 Å². The summed E-state index contributed by atoms with van der Waals surface area (Å²) in [4.78, 5) is 11.2. The van der Waals surface area contributed by atoms with Crippen molar-refractivity contribution >= 4 is 11.6 Å². The highest BCUT2D eigenvalue weighted by atomic mass is 16.5. The van der Waals surface area contributed by atoms with Crippen LogP contribution in [-0.2, 0) is 11.3 Å². The molecule has 1 aromatic heterocycles. The number of amides is 1. The molecule has 3 rings (SSSR count). The van der Waals surface area contributed by atoms with Crippen LogP contribution >= 0.6 is 0 Å². The number of hydrogen-bond donors (Lipinski definition) is 2. The van der Waals surface area contributed by atoms with Crippen LogP contribution in [0.5, 0.6) is 5.75 Å². The predicted octanol–water partition coefficient (Wildman–Crippen LogP) is 3.43. The molecule has 1 amide bonds. The van der Waals surface area contributed by atoms with Crippen LogP contribution in [-0.4, -0.2) is 29.3 Å². The third-order valence-electron chi connectivity index (χ3n) is 4.81. The first kappa shape index (κ1) is 18.3. The maximum Gasteiger partial charge on any atom is 0.223 e. The molecule has 0 bridgehead atoms. The maximum absolute atomic E-state index is 11.2. The van der Waals surface area contributed by atoms with E-state index in [1.54, 1.807) is 7.05 Å². The normalized spacial score (nSPS) is 14.4. The van der Waals surface area contributed by atoms with E-state index in [1.165, 1.54) is 31.4 Å². The lowest BCUT2D eigenvalue weighted by atomic mass is 10.2.